The molecule has 1 rings (SSSR count). The van der Waals surface area contributed by atoms with Crippen molar-refractivity contribution in [3.63, 3.8) is 0 Å². The van der Waals surface area contributed by atoms with E-state index in [1.165, 1.54) is 0 Å². The predicted molar refractivity (Wildman–Crippen MR) is 67.0 cm³/mol. The smallest absolute Gasteiger partial charge is 0.0730 e. The Balaban J connectivity index is 2.55. The molecule has 1 N–H and O–H groups in total. The average Bonchev–Trinajstić information content (AvgIpc) is 2.19. The zero-order chi connectivity index (χ0) is 10.6. The van der Waals surface area contributed by atoms with Crippen molar-refractivity contribution in [3.05, 3.63) is 28.2 Å². The van der Waals surface area contributed by atoms with Gasteiger partial charge in [0.05, 0.1) is 16.1 Å². The lowest BCUT2D eigenvalue weighted by Crippen LogP contribution is -2.10. The van der Waals surface area contributed by atoms with Crippen LogP contribution in [0, 0.1) is 0 Å². The van der Waals surface area contributed by atoms with Gasteiger partial charge in [0, 0.05) is 16.0 Å². The van der Waals surface area contributed by atoms with Gasteiger partial charge in [-0.25, -0.2) is 0 Å². The predicted octanol–water partition coefficient (Wildman–Crippen LogP) is 3.84. The van der Waals surface area contributed by atoms with Crippen molar-refractivity contribution in [2.45, 2.75) is 11.0 Å². The van der Waals surface area contributed by atoms with Crippen LogP contribution in [0.15, 0.2) is 23.1 Å². The second-order valence-corrected chi connectivity index (χ2v) is 5.25. The monoisotopic (exact) mass is 314 g/mol. The van der Waals surface area contributed by atoms with Crippen LogP contribution in [0.1, 0.15) is 0 Å². The number of hydrogen-bond donors (Lipinski definition) is 1. The Morgan fingerprint density at radius 3 is 2.64 bits per heavy atom. The molecular weight excluding hydrogens is 307 g/mol. The first kappa shape index (κ1) is 12.7. The number of aliphatic hydroxyl groups is 1. The van der Waals surface area contributed by atoms with E-state index in [1.54, 1.807) is 23.9 Å². The van der Waals surface area contributed by atoms with E-state index in [4.69, 9.17) is 23.2 Å². The van der Waals surface area contributed by atoms with Crippen LogP contribution in [0.25, 0.3) is 0 Å². The molecule has 0 bridgehead atoms. The summed E-state index contributed by atoms with van der Waals surface area (Å²) in [4.78, 5) is 1.01. The Labute approximate surface area is 106 Å². The van der Waals surface area contributed by atoms with Crippen molar-refractivity contribution in [2.24, 2.45) is 0 Å². The lowest BCUT2D eigenvalue weighted by atomic mass is 10.4. The van der Waals surface area contributed by atoms with Gasteiger partial charge in [-0.15, -0.1) is 11.8 Å². The fourth-order valence-electron chi connectivity index (χ4n) is 0.804. The van der Waals surface area contributed by atoms with Crippen LogP contribution in [-0.4, -0.2) is 22.3 Å². The highest BCUT2D eigenvalue weighted by atomic mass is 79.9. The maximum Gasteiger partial charge on any atom is 0.0730 e. The summed E-state index contributed by atoms with van der Waals surface area (Å²) in [5, 5.41) is 11.0. The van der Waals surface area contributed by atoms with Gasteiger partial charge >= 0.3 is 0 Å². The SMILES string of the molecule is OC(CBr)CSc1ccc(Cl)c(Cl)c1. The number of thioether (sulfide) groups is 1. The van der Waals surface area contributed by atoms with Crippen molar-refractivity contribution in [1.82, 2.24) is 0 Å². The molecule has 5 heteroatoms. The Morgan fingerprint density at radius 1 is 1.36 bits per heavy atom. The molecule has 0 aliphatic heterocycles. The Hall–Kier alpha value is 0.590. The normalized spacial score (nSPS) is 12.9. The van der Waals surface area contributed by atoms with E-state index < -0.39 is 0 Å². The van der Waals surface area contributed by atoms with Gasteiger partial charge in [-0.3, -0.25) is 0 Å². The topological polar surface area (TPSA) is 20.2 Å². The van der Waals surface area contributed by atoms with Gasteiger partial charge in [0.2, 0.25) is 0 Å². The fourth-order valence-corrected chi connectivity index (χ4v) is 2.57. The lowest BCUT2D eigenvalue weighted by Gasteiger charge is -2.06. The standard InChI is InChI=1S/C9H9BrCl2OS/c10-4-6(13)5-14-7-1-2-8(11)9(12)3-7/h1-3,6,13H,4-5H2. The van der Waals surface area contributed by atoms with Gasteiger partial charge in [-0.05, 0) is 18.2 Å². The Morgan fingerprint density at radius 2 is 2.07 bits per heavy atom. The molecule has 0 spiro atoms. The zero-order valence-corrected chi connectivity index (χ0v) is 11.1. The molecule has 1 nitrogen and oxygen atoms in total. The summed E-state index contributed by atoms with van der Waals surface area (Å²) in [6.07, 6.45) is -0.338. The molecular formula is C9H9BrCl2OS. The minimum absolute atomic E-state index is 0.338. The van der Waals surface area contributed by atoms with Gasteiger partial charge in [0.1, 0.15) is 0 Å². The van der Waals surface area contributed by atoms with E-state index >= 15 is 0 Å². The van der Waals surface area contributed by atoms with Gasteiger partial charge < -0.3 is 5.11 Å². The average molecular weight is 316 g/mol. The molecule has 1 aromatic carbocycles. The van der Waals surface area contributed by atoms with Crippen molar-refractivity contribution in [1.29, 1.82) is 0 Å². The molecule has 0 fully saturated rings. The zero-order valence-electron chi connectivity index (χ0n) is 7.21. The van der Waals surface area contributed by atoms with Crippen molar-refractivity contribution in [2.75, 3.05) is 11.1 Å². The molecule has 1 aromatic rings. The third kappa shape index (κ3) is 3.99. The molecule has 0 radical (unpaired) electrons. The molecule has 0 aliphatic carbocycles. The molecule has 0 saturated carbocycles. The highest BCUT2D eigenvalue weighted by Crippen LogP contribution is 2.28. The fraction of sp³-hybridized carbons (Fsp3) is 0.333. The summed E-state index contributed by atoms with van der Waals surface area (Å²) in [6.45, 7) is 0. The van der Waals surface area contributed by atoms with E-state index in [1.807, 2.05) is 6.07 Å². The van der Waals surface area contributed by atoms with Crippen LogP contribution in [0.2, 0.25) is 10.0 Å². The third-order valence-electron chi connectivity index (χ3n) is 1.51. The second kappa shape index (κ2) is 6.23. The van der Waals surface area contributed by atoms with E-state index in [0.29, 0.717) is 21.1 Å². The number of hydrogen-bond acceptors (Lipinski definition) is 2. The first-order valence-electron chi connectivity index (χ1n) is 3.95. The Bertz CT molecular complexity index is 309. The molecule has 14 heavy (non-hydrogen) atoms. The summed E-state index contributed by atoms with van der Waals surface area (Å²) in [5.74, 6) is 0.642. The number of halogens is 3. The van der Waals surface area contributed by atoms with E-state index in [9.17, 15) is 5.11 Å². The number of rotatable bonds is 4. The van der Waals surface area contributed by atoms with Gasteiger partial charge in [0.25, 0.3) is 0 Å². The summed E-state index contributed by atoms with van der Waals surface area (Å²) in [7, 11) is 0. The number of benzene rings is 1. The highest BCUT2D eigenvalue weighted by Gasteiger charge is 2.04. The highest BCUT2D eigenvalue weighted by molar-refractivity contribution is 9.09. The first-order chi connectivity index (χ1) is 6.63. The lowest BCUT2D eigenvalue weighted by molar-refractivity contribution is 0.226. The molecule has 0 aromatic heterocycles. The third-order valence-corrected chi connectivity index (χ3v) is 4.14. The van der Waals surface area contributed by atoms with Crippen LogP contribution in [0.5, 0.6) is 0 Å². The minimum Gasteiger partial charge on any atom is -0.391 e. The van der Waals surface area contributed by atoms with E-state index in [2.05, 4.69) is 15.9 Å². The first-order valence-corrected chi connectivity index (χ1v) is 6.81. The quantitative estimate of drug-likeness (QED) is 0.673. The van der Waals surface area contributed by atoms with Gasteiger partial charge in [0.15, 0.2) is 0 Å². The molecule has 1 unspecified atom stereocenters. The van der Waals surface area contributed by atoms with Crippen LogP contribution in [0.4, 0.5) is 0 Å². The van der Waals surface area contributed by atoms with E-state index in [-0.39, 0.29) is 6.10 Å². The molecule has 0 saturated heterocycles. The van der Waals surface area contributed by atoms with Gasteiger partial charge in [-0.1, -0.05) is 39.1 Å². The molecule has 1 atom stereocenters. The number of alkyl halides is 1. The van der Waals surface area contributed by atoms with Crippen molar-refractivity contribution < 1.29 is 5.11 Å². The Kier molecular flexibility index (Phi) is 5.64. The second-order valence-electron chi connectivity index (χ2n) is 2.70. The molecule has 0 aliphatic rings. The minimum atomic E-state index is -0.338. The molecule has 0 amide bonds. The number of aliphatic hydroxyl groups excluding tert-OH is 1. The summed E-state index contributed by atoms with van der Waals surface area (Å²) < 4.78 is 0. The van der Waals surface area contributed by atoms with Crippen LogP contribution in [0.3, 0.4) is 0 Å². The summed E-state index contributed by atoms with van der Waals surface area (Å²) in [6, 6.07) is 5.45. The van der Waals surface area contributed by atoms with Crippen molar-refractivity contribution in [3.8, 4) is 0 Å². The molecule has 0 heterocycles. The van der Waals surface area contributed by atoms with Crippen LogP contribution < -0.4 is 0 Å². The summed E-state index contributed by atoms with van der Waals surface area (Å²) >= 11 is 16.4. The van der Waals surface area contributed by atoms with Gasteiger partial charge in [-0.2, -0.15) is 0 Å². The maximum atomic E-state index is 9.32. The van der Waals surface area contributed by atoms with E-state index in [0.717, 1.165) is 4.90 Å². The van der Waals surface area contributed by atoms with Crippen LogP contribution >= 0.6 is 50.9 Å². The van der Waals surface area contributed by atoms with Crippen molar-refractivity contribution >= 4 is 50.9 Å². The molecule has 78 valence electrons. The largest absolute Gasteiger partial charge is 0.391 e. The maximum absolute atomic E-state index is 9.32. The van der Waals surface area contributed by atoms with Crippen LogP contribution in [-0.2, 0) is 0 Å². The summed E-state index contributed by atoms with van der Waals surface area (Å²) in [5.41, 5.74) is 0.